The van der Waals surface area contributed by atoms with E-state index in [0.29, 0.717) is 24.5 Å². The first kappa shape index (κ1) is 23.0. The topological polar surface area (TPSA) is 72.8 Å². The van der Waals surface area contributed by atoms with Crippen LogP contribution in [0.4, 0.5) is 0 Å². The smallest absolute Gasteiger partial charge is 0.128 e. The third kappa shape index (κ3) is 6.37. The highest BCUT2D eigenvalue weighted by molar-refractivity contribution is 7.84. The van der Waals surface area contributed by atoms with Crippen molar-refractivity contribution in [3.8, 4) is 5.75 Å². The van der Waals surface area contributed by atoms with Gasteiger partial charge in [0, 0.05) is 46.8 Å². The van der Waals surface area contributed by atoms with Crippen molar-refractivity contribution in [3.63, 3.8) is 0 Å². The predicted molar refractivity (Wildman–Crippen MR) is 120 cm³/mol. The van der Waals surface area contributed by atoms with Gasteiger partial charge in [0.25, 0.3) is 0 Å². The van der Waals surface area contributed by atoms with Crippen LogP contribution in [0, 0.1) is 6.92 Å². The van der Waals surface area contributed by atoms with Crippen LogP contribution in [-0.4, -0.2) is 48.5 Å². The molecule has 6 nitrogen and oxygen atoms in total. The van der Waals surface area contributed by atoms with Gasteiger partial charge in [0.15, 0.2) is 0 Å². The number of hydrogen-bond donors (Lipinski definition) is 1. The molecule has 0 amide bonds. The number of aliphatic imine (C=N–C) groups is 1. The minimum Gasteiger partial charge on any atom is -0.501 e. The predicted octanol–water partition coefficient (Wildman–Crippen LogP) is 3.24. The van der Waals surface area contributed by atoms with Gasteiger partial charge in [-0.3, -0.25) is 14.2 Å². The van der Waals surface area contributed by atoms with Gasteiger partial charge in [-0.1, -0.05) is 25.2 Å². The summed E-state index contributed by atoms with van der Waals surface area (Å²) in [5.41, 5.74) is 3.73. The number of ether oxygens (including phenoxy) is 2. The van der Waals surface area contributed by atoms with E-state index >= 15 is 0 Å². The fraction of sp³-hybridized carbons (Fsp3) is 0.455. The molecule has 0 radical (unpaired) electrons. The molecule has 0 spiro atoms. The maximum absolute atomic E-state index is 12.7. The number of pyridine rings is 1. The van der Waals surface area contributed by atoms with Gasteiger partial charge in [-0.05, 0) is 26.1 Å². The fourth-order valence-electron chi connectivity index (χ4n) is 3.27. The summed E-state index contributed by atoms with van der Waals surface area (Å²) in [6, 6.07) is -0.0667. The van der Waals surface area contributed by atoms with Gasteiger partial charge in [0.2, 0.25) is 0 Å². The van der Waals surface area contributed by atoms with E-state index in [0.717, 1.165) is 40.4 Å². The third-order valence-corrected chi connectivity index (χ3v) is 6.06. The molecule has 29 heavy (non-hydrogen) atoms. The largest absolute Gasteiger partial charge is 0.501 e. The molecule has 1 aromatic heterocycles. The normalized spacial score (nSPS) is 21.2. The number of hydrogen-bond acceptors (Lipinski definition) is 6. The lowest BCUT2D eigenvalue weighted by Crippen LogP contribution is -2.32. The minimum absolute atomic E-state index is 0.0667. The minimum atomic E-state index is -1.03. The summed E-state index contributed by atoms with van der Waals surface area (Å²) in [5, 5.41) is 3.40. The van der Waals surface area contributed by atoms with Crippen molar-refractivity contribution < 1.29 is 13.7 Å². The first-order valence-corrected chi connectivity index (χ1v) is 11.2. The van der Waals surface area contributed by atoms with E-state index in [9.17, 15) is 4.21 Å². The number of aromatic nitrogens is 1. The van der Waals surface area contributed by atoms with Crippen LogP contribution >= 0.6 is 0 Å². The van der Waals surface area contributed by atoms with Gasteiger partial charge in [0.05, 0.1) is 43.2 Å². The maximum atomic E-state index is 12.7. The van der Waals surface area contributed by atoms with E-state index in [-0.39, 0.29) is 6.04 Å². The summed E-state index contributed by atoms with van der Waals surface area (Å²) in [5.74, 6) is 2.66. The number of nitrogens with one attached hydrogen (secondary N) is 1. The van der Waals surface area contributed by atoms with Gasteiger partial charge >= 0.3 is 0 Å². The zero-order valence-electron chi connectivity index (χ0n) is 17.7. The molecule has 1 heterocycles. The Bertz CT molecular complexity index is 831. The summed E-state index contributed by atoms with van der Waals surface area (Å²) in [7, 11) is 2.29. The van der Waals surface area contributed by atoms with E-state index in [1.54, 1.807) is 20.4 Å². The molecule has 158 valence electrons. The van der Waals surface area contributed by atoms with Crippen LogP contribution in [-0.2, 0) is 27.7 Å². The molecular weight excluding hydrogens is 386 g/mol. The summed E-state index contributed by atoms with van der Waals surface area (Å²) in [6.07, 6.45) is 11.1. The Balaban J connectivity index is 1.97. The second-order valence-corrected chi connectivity index (χ2v) is 8.26. The molecule has 2 atom stereocenters. The molecule has 0 aliphatic heterocycles. The Morgan fingerprint density at radius 3 is 2.83 bits per heavy atom. The summed E-state index contributed by atoms with van der Waals surface area (Å²) in [6.45, 7) is 8.30. The maximum Gasteiger partial charge on any atom is 0.128 e. The van der Waals surface area contributed by atoms with Crippen molar-refractivity contribution in [2.24, 2.45) is 4.99 Å². The quantitative estimate of drug-likeness (QED) is 0.592. The van der Waals surface area contributed by atoms with Gasteiger partial charge in [0.1, 0.15) is 5.75 Å². The van der Waals surface area contributed by atoms with E-state index < -0.39 is 10.8 Å². The highest BCUT2D eigenvalue weighted by atomic mass is 32.2. The second-order valence-electron chi connectivity index (χ2n) is 6.69. The van der Waals surface area contributed by atoms with E-state index in [4.69, 9.17) is 9.47 Å². The Morgan fingerprint density at radius 2 is 2.17 bits per heavy atom. The summed E-state index contributed by atoms with van der Waals surface area (Å²) >= 11 is 0. The Labute approximate surface area is 176 Å². The molecule has 1 N–H and O–H groups in total. The van der Waals surface area contributed by atoms with Crippen molar-refractivity contribution in [1.82, 2.24) is 10.3 Å². The number of allylic oxidation sites excluding steroid dienone is 3. The molecular formula is C22H31N3O3S. The molecule has 1 aliphatic carbocycles. The zero-order chi connectivity index (χ0) is 21.2. The van der Waals surface area contributed by atoms with Crippen LogP contribution in [0.5, 0.6) is 5.75 Å². The van der Waals surface area contributed by atoms with Crippen molar-refractivity contribution in [2.75, 3.05) is 26.5 Å². The van der Waals surface area contributed by atoms with Gasteiger partial charge in [-0.15, -0.1) is 0 Å². The number of nitrogens with zero attached hydrogens (tertiary/aromatic N) is 2. The molecule has 0 saturated heterocycles. The lowest BCUT2D eigenvalue weighted by atomic mass is 10.1. The van der Waals surface area contributed by atoms with Crippen molar-refractivity contribution in [2.45, 2.75) is 38.5 Å². The number of rotatable bonds is 10. The van der Waals surface area contributed by atoms with Crippen LogP contribution in [0.3, 0.4) is 0 Å². The summed E-state index contributed by atoms with van der Waals surface area (Å²) < 4.78 is 23.5. The molecule has 0 fully saturated rings. The van der Waals surface area contributed by atoms with Crippen LogP contribution < -0.4 is 10.1 Å². The molecule has 1 aromatic rings. The van der Waals surface area contributed by atoms with E-state index in [1.807, 2.05) is 31.2 Å². The molecule has 0 bridgehead atoms. The van der Waals surface area contributed by atoms with Crippen LogP contribution in [0.25, 0.3) is 0 Å². The first-order valence-electron chi connectivity index (χ1n) is 9.71. The monoisotopic (exact) mass is 417 g/mol. The molecule has 1 aliphatic rings. The summed E-state index contributed by atoms with van der Waals surface area (Å²) in [4.78, 5) is 8.63. The molecule has 2 rings (SSSR count). The standard InChI is InChI=1S/C22H31N3O3S/c1-6-18-21(25-14-16(2)22(18)28-5)15-29(26)13-12-24-20-9-7-8-17(27-4)10-11-19(20)23-3/h7-9,11,14,20,24H,3,6,10,12-13,15H2,1-2,4-5H3/b9-7?,17-8+,19-11+. The van der Waals surface area contributed by atoms with Gasteiger partial charge in [-0.2, -0.15) is 0 Å². The van der Waals surface area contributed by atoms with E-state index in [2.05, 4.69) is 28.9 Å². The van der Waals surface area contributed by atoms with Crippen molar-refractivity contribution in [1.29, 1.82) is 0 Å². The molecule has 0 aromatic carbocycles. The molecule has 0 saturated carbocycles. The lowest BCUT2D eigenvalue weighted by molar-refractivity contribution is 0.284. The van der Waals surface area contributed by atoms with Gasteiger partial charge in [-0.25, -0.2) is 0 Å². The Hall–Kier alpha value is -2.25. The highest BCUT2D eigenvalue weighted by Gasteiger charge is 2.15. The number of aryl methyl sites for hydroxylation is 1. The van der Waals surface area contributed by atoms with E-state index in [1.165, 1.54) is 0 Å². The SMILES string of the molecule is C=N/C1=C/C/C(OC)=C\C=CC1NCCS(=O)Cc1ncc(C)c(OC)c1CC. The van der Waals surface area contributed by atoms with Crippen LogP contribution in [0.15, 0.2) is 46.9 Å². The fourth-order valence-corrected chi connectivity index (χ4v) is 4.31. The number of methoxy groups -OCH3 is 2. The zero-order valence-corrected chi connectivity index (χ0v) is 18.6. The second kappa shape index (κ2) is 11.7. The Morgan fingerprint density at radius 1 is 1.38 bits per heavy atom. The van der Waals surface area contributed by atoms with Crippen LogP contribution in [0.1, 0.15) is 30.2 Å². The lowest BCUT2D eigenvalue weighted by Gasteiger charge is -2.18. The molecule has 2 unspecified atom stereocenters. The highest BCUT2D eigenvalue weighted by Crippen LogP contribution is 2.26. The van der Waals surface area contributed by atoms with Crippen LogP contribution in [0.2, 0.25) is 0 Å². The van der Waals surface area contributed by atoms with Gasteiger partial charge < -0.3 is 14.8 Å². The average molecular weight is 418 g/mol. The molecule has 7 heteroatoms. The van der Waals surface area contributed by atoms with Crippen molar-refractivity contribution in [3.05, 3.63) is 58.8 Å². The van der Waals surface area contributed by atoms with Crippen molar-refractivity contribution >= 4 is 17.5 Å². The first-order chi connectivity index (χ1) is 14.0. The Kier molecular flexibility index (Phi) is 9.28. The third-order valence-electron chi connectivity index (χ3n) is 4.81. The average Bonchev–Trinajstić information content (AvgIpc) is 2.70.